The molecule has 4 nitrogen and oxygen atoms in total. The van der Waals surface area contributed by atoms with Gasteiger partial charge in [0.05, 0.1) is 24.9 Å². The molecule has 0 N–H and O–H groups in total. The Bertz CT molecular complexity index is 619. The fourth-order valence-electron chi connectivity index (χ4n) is 3.59. The normalized spacial score (nSPS) is 27.9. The van der Waals surface area contributed by atoms with Crippen molar-refractivity contribution in [1.82, 2.24) is 9.88 Å². The Balaban J connectivity index is 1.28. The summed E-state index contributed by atoms with van der Waals surface area (Å²) in [5, 5.41) is 4.39. The Hall–Kier alpha value is -1.27. The molecule has 4 heterocycles. The lowest BCUT2D eigenvalue weighted by molar-refractivity contribution is -0.000424. The quantitative estimate of drug-likeness (QED) is 0.844. The zero-order valence-electron chi connectivity index (χ0n) is 13.2. The summed E-state index contributed by atoms with van der Waals surface area (Å²) in [6, 6.07) is 6.22. The van der Waals surface area contributed by atoms with Crippen LogP contribution in [0.4, 0.5) is 0 Å². The van der Waals surface area contributed by atoms with Crippen LogP contribution in [0.25, 0.3) is 0 Å². The van der Waals surface area contributed by atoms with Gasteiger partial charge in [-0.1, -0.05) is 0 Å². The molecule has 1 spiro atoms. The van der Waals surface area contributed by atoms with Crippen LogP contribution < -0.4 is 0 Å². The molecule has 2 aliphatic heterocycles. The van der Waals surface area contributed by atoms with Gasteiger partial charge in [0, 0.05) is 38.4 Å². The molecule has 2 aromatic heterocycles. The third kappa shape index (κ3) is 3.63. The van der Waals surface area contributed by atoms with Crippen LogP contribution in [0.1, 0.15) is 24.0 Å². The van der Waals surface area contributed by atoms with Gasteiger partial charge in [0.25, 0.3) is 0 Å². The van der Waals surface area contributed by atoms with Gasteiger partial charge < -0.3 is 9.47 Å². The van der Waals surface area contributed by atoms with Gasteiger partial charge in [-0.05, 0) is 46.5 Å². The standard InChI is InChI=1S/C18H22N2O2S/c1-5-19-6-2-15(1)11-21-17-9-18(22-12-17)4-7-20(14-18)10-16-3-8-23-13-16/h1-3,5-6,8,13,17H,4,7,9-12,14H2/t17-,18-/m0/s1. The maximum Gasteiger partial charge on any atom is 0.0847 e. The first-order valence-corrected chi connectivity index (χ1v) is 9.14. The van der Waals surface area contributed by atoms with Crippen molar-refractivity contribution in [2.24, 2.45) is 0 Å². The Morgan fingerprint density at radius 2 is 2.22 bits per heavy atom. The summed E-state index contributed by atoms with van der Waals surface area (Å²) < 4.78 is 12.2. The van der Waals surface area contributed by atoms with Crippen LogP contribution >= 0.6 is 11.3 Å². The Morgan fingerprint density at radius 1 is 1.30 bits per heavy atom. The van der Waals surface area contributed by atoms with Crippen LogP contribution in [0.2, 0.25) is 0 Å². The highest BCUT2D eigenvalue weighted by atomic mass is 32.1. The molecule has 5 heteroatoms. The maximum absolute atomic E-state index is 6.18. The van der Waals surface area contributed by atoms with E-state index < -0.39 is 0 Å². The molecule has 4 rings (SSSR count). The van der Waals surface area contributed by atoms with Gasteiger partial charge >= 0.3 is 0 Å². The zero-order chi connectivity index (χ0) is 15.5. The van der Waals surface area contributed by atoms with E-state index in [1.165, 1.54) is 11.1 Å². The lowest BCUT2D eigenvalue weighted by atomic mass is 9.98. The monoisotopic (exact) mass is 330 g/mol. The summed E-state index contributed by atoms with van der Waals surface area (Å²) in [6.07, 6.45) is 5.96. The molecule has 2 aliphatic rings. The van der Waals surface area contributed by atoms with Gasteiger partial charge in [-0.15, -0.1) is 0 Å². The molecule has 0 aromatic carbocycles. The Morgan fingerprint density at radius 3 is 3.04 bits per heavy atom. The second-order valence-electron chi connectivity index (χ2n) is 6.58. The third-order valence-corrected chi connectivity index (χ3v) is 5.52. The smallest absolute Gasteiger partial charge is 0.0847 e. The van der Waals surface area contributed by atoms with Crippen molar-refractivity contribution in [3.63, 3.8) is 0 Å². The minimum absolute atomic E-state index is 0.0128. The molecule has 0 amide bonds. The maximum atomic E-state index is 6.18. The lowest BCUT2D eigenvalue weighted by Gasteiger charge is -2.23. The van der Waals surface area contributed by atoms with E-state index in [2.05, 4.69) is 26.7 Å². The van der Waals surface area contributed by atoms with Gasteiger partial charge in [0.1, 0.15) is 0 Å². The average Bonchev–Trinajstić information content (AvgIpc) is 3.31. The number of ether oxygens (including phenoxy) is 2. The molecule has 0 radical (unpaired) electrons. The minimum atomic E-state index is 0.0128. The van der Waals surface area contributed by atoms with Crippen molar-refractivity contribution < 1.29 is 9.47 Å². The summed E-state index contributed by atoms with van der Waals surface area (Å²) in [6.45, 7) is 4.55. The second-order valence-corrected chi connectivity index (χ2v) is 7.36. The van der Waals surface area contributed by atoms with E-state index in [0.717, 1.165) is 39.1 Å². The summed E-state index contributed by atoms with van der Waals surface area (Å²) in [4.78, 5) is 6.54. The first kappa shape index (κ1) is 15.3. The van der Waals surface area contributed by atoms with E-state index in [0.29, 0.717) is 6.61 Å². The molecule has 2 saturated heterocycles. The number of aromatic nitrogens is 1. The molecule has 0 saturated carbocycles. The van der Waals surface area contributed by atoms with Crippen LogP contribution in [-0.2, 0) is 22.6 Å². The molecule has 122 valence electrons. The highest BCUT2D eigenvalue weighted by Gasteiger charge is 2.45. The molecule has 0 bridgehead atoms. The first-order chi connectivity index (χ1) is 11.3. The van der Waals surface area contributed by atoms with E-state index in [1.807, 2.05) is 24.5 Å². The number of nitrogens with zero attached hydrogens (tertiary/aromatic N) is 2. The number of likely N-dealkylation sites (tertiary alicyclic amines) is 1. The molecule has 0 aliphatic carbocycles. The lowest BCUT2D eigenvalue weighted by Crippen LogP contribution is -2.32. The van der Waals surface area contributed by atoms with E-state index >= 15 is 0 Å². The highest BCUT2D eigenvalue weighted by molar-refractivity contribution is 7.07. The summed E-state index contributed by atoms with van der Waals surface area (Å²) in [5.41, 5.74) is 2.60. The summed E-state index contributed by atoms with van der Waals surface area (Å²) >= 11 is 1.77. The van der Waals surface area contributed by atoms with Crippen LogP contribution in [0.3, 0.4) is 0 Å². The van der Waals surface area contributed by atoms with Crippen molar-refractivity contribution >= 4 is 11.3 Å². The average molecular weight is 330 g/mol. The molecular weight excluding hydrogens is 308 g/mol. The predicted octanol–water partition coefficient (Wildman–Crippen LogP) is 3.09. The zero-order valence-corrected chi connectivity index (χ0v) is 14.0. The van der Waals surface area contributed by atoms with E-state index in [9.17, 15) is 0 Å². The Kier molecular flexibility index (Phi) is 4.44. The van der Waals surface area contributed by atoms with E-state index in [-0.39, 0.29) is 11.7 Å². The molecule has 0 unspecified atom stereocenters. The highest BCUT2D eigenvalue weighted by Crippen LogP contribution is 2.37. The van der Waals surface area contributed by atoms with Gasteiger partial charge in [-0.3, -0.25) is 9.88 Å². The number of hydrogen-bond donors (Lipinski definition) is 0. The van der Waals surface area contributed by atoms with Gasteiger partial charge in [-0.2, -0.15) is 11.3 Å². The van der Waals surface area contributed by atoms with Crippen LogP contribution in [0.5, 0.6) is 0 Å². The van der Waals surface area contributed by atoms with Crippen molar-refractivity contribution in [2.75, 3.05) is 19.7 Å². The minimum Gasteiger partial charge on any atom is -0.371 e. The second kappa shape index (κ2) is 6.69. The van der Waals surface area contributed by atoms with Crippen molar-refractivity contribution in [3.8, 4) is 0 Å². The number of pyridine rings is 1. The van der Waals surface area contributed by atoms with Crippen molar-refractivity contribution in [2.45, 2.75) is 37.7 Å². The van der Waals surface area contributed by atoms with Crippen molar-refractivity contribution in [3.05, 3.63) is 52.5 Å². The van der Waals surface area contributed by atoms with E-state index in [1.54, 1.807) is 11.3 Å². The van der Waals surface area contributed by atoms with Gasteiger partial charge in [0.15, 0.2) is 0 Å². The summed E-state index contributed by atoms with van der Waals surface area (Å²) in [5.74, 6) is 0. The van der Waals surface area contributed by atoms with Gasteiger partial charge in [0.2, 0.25) is 0 Å². The SMILES string of the molecule is c1cc(CO[C@@H]2CO[C@@]3(CCN(Cc4ccsc4)C3)C2)ccn1. The Labute approximate surface area is 141 Å². The molecule has 23 heavy (non-hydrogen) atoms. The predicted molar refractivity (Wildman–Crippen MR) is 90.3 cm³/mol. The largest absolute Gasteiger partial charge is 0.371 e. The molecular formula is C18H22N2O2S. The van der Waals surface area contributed by atoms with E-state index in [4.69, 9.17) is 9.47 Å². The van der Waals surface area contributed by atoms with Crippen LogP contribution in [0, 0.1) is 0 Å². The van der Waals surface area contributed by atoms with Gasteiger partial charge in [-0.25, -0.2) is 0 Å². The molecule has 2 aromatic rings. The molecule has 2 atom stereocenters. The number of thiophene rings is 1. The van der Waals surface area contributed by atoms with Crippen molar-refractivity contribution in [1.29, 1.82) is 0 Å². The fraction of sp³-hybridized carbons (Fsp3) is 0.500. The third-order valence-electron chi connectivity index (χ3n) is 4.79. The van der Waals surface area contributed by atoms with Crippen LogP contribution in [-0.4, -0.2) is 41.3 Å². The number of hydrogen-bond acceptors (Lipinski definition) is 5. The fourth-order valence-corrected chi connectivity index (χ4v) is 4.25. The molecule has 2 fully saturated rings. The van der Waals surface area contributed by atoms with Crippen LogP contribution in [0.15, 0.2) is 41.4 Å². The first-order valence-electron chi connectivity index (χ1n) is 8.19. The topological polar surface area (TPSA) is 34.6 Å². The summed E-state index contributed by atoms with van der Waals surface area (Å²) in [7, 11) is 0. The number of rotatable bonds is 5.